The summed E-state index contributed by atoms with van der Waals surface area (Å²) in [5.74, 6) is -1.78. The van der Waals surface area contributed by atoms with Crippen LogP contribution in [0.2, 0.25) is 0 Å². The molecule has 6 nitrogen and oxygen atoms in total. The van der Waals surface area contributed by atoms with E-state index in [0.29, 0.717) is 0 Å². The lowest BCUT2D eigenvalue weighted by Crippen LogP contribution is -2.26. The predicted octanol–water partition coefficient (Wildman–Crippen LogP) is 3.28. The van der Waals surface area contributed by atoms with Crippen LogP contribution < -0.4 is 20.2 Å². The van der Waals surface area contributed by atoms with Crippen LogP contribution in [-0.2, 0) is 11.2 Å². The number of benzene rings is 1. The number of ether oxygens (including phenoxy) is 2. The molecule has 3 rings (SSSR count). The van der Waals surface area contributed by atoms with Gasteiger partial charge < -0.3 is 19.9 Å². The zero-order valence-corrected chi connectivity index (χ0v) is 16.3. The van der Waals surface area contributed by atoms with Crippen LogP contribution in [0.4, 0.5) is 0 Å². The summed E-state index contributed by atoms with van der Waals surface area (Å²) in [5, 5.41) is 12.7. The Bertz CT molecular complexity index is 1210. The molecule has 0 saturated heterocycles. The molecule has 2 N–H and O–H groups in total. The number of carbonyl (C=O) groups excluding carboxylic acids is 1. The lowest BCUT2D eigenvalue weighted by molar-refractivity contribution is -0.119. The molecule has 0 bridgehead atoms. The summed E-state index contributed by atoms with van der Waals surface area (Å²) in [5.41, 5.74) is -0.291. The minimum Gasteiger partial charge on any atom is -0.504 e. The van der Waals surface area contributed by atoms with Crippen LogP contribution in [0.25, 0.3) is 11.1 Å². The van der Waals surface area contributed by atoms with E-state index >= 15 is 0 Å². The Morgan fingerprint density at radius 1 is 1.39 bits per heavy atom. The molecule has 28 heavy (non-hydrogen) atoms. The first-order valence-corrected chi connectivity index (χ1v) is 9.46. The second-order valence-corrected chi connectivity index (χ2v) is 6.77. The van der Waals surface area contributed by atoms with E-state index in [-0.39, 0.29) is 44.4 Å². The first kappa shape index (κ1) is 13.5. The van der Waals surface area contributed by atoms with Crippen LogP contribution in [-0.4, -0.2) is 31.5 Å². The van der Waals surface area contributed by atoms with E-state index in [1.165, 1.54) is 32.4 Å². The molecule has 0 heterocycles. The van der Waals surface area contributed by atoms with E-state index in [1.807, 2.05) is 0 Å². The molecular formula is C21H23NO5S. The van der Waals surface area contributed by atoms with Gasteiger partial charge in [0.05, 0.1) is 26.5 Å². The van der Waals surface area contributed by atoms with Crippen LogP contribution in [0.3, 0.4) is 0 Å². The molecule has 3 atom stereocenters. The van der Waals surface area contributed by atoms with E-state index in [1.54, 1.807) is 6.26 Å². The Morgan fingerprint density at radius 2 is 2.14 bits per heavy atom. The number of phenols is 1. The number of methoxy groups -OCH3 is 2. The number of aryl methyl sites for hydroxylation is 1. The number of rotatable bonds is 4. The molecule has 1 amide bonds. The van der Waals surface area contributed by atoms with E-state index in [2.05, 4.69) is 5.32 Å². The van der Waals surface area contributed by atoms with E-state index in [4.69, 9.17) is 17.7 Å². The number of fused-ring (bicyclic) bond motifs is 3. The maximum Gasteiger partial charge on any atom is 0.217 e. The molecule has 0 aromatic heterocycles. The minimum absolute atomic E-state index is 0.00903. The lowest BCUT2D eigenvalue weighted by atomic mass is 10.1. The smallest absolute Gasteiger partial charge is 0.217 e. The van der Waals surface area contributed by atoms with Crippen molar-refractivity contribution in [1.82, 2.24) is 5.32 Å². The molecule has 1 aliphatic carbocycles. The van der Waals surface area contributed by atoms with E-state index in [9.17, 15) is 14.7 Å². The SMILES string of the molecule is [2H]c1c2[13c](ccc(SC)c1=O)-[13c]1c(cc(O)c(OC)c1OC)C([2H])C([2H])[C@@H]2NC(=O)C([2H])([2H])[2H]. The number of hydrogen-bond acceptors (Lipinski definition) is 6. The van der Waals surface area contributed by atoms with Crippen LogP contribution >= 0.6 is 11.8 Å². The number of aromatic hydroxyl groups is 1. The second-order valence-electron chi connectivity index (χ2n) is 5.92. The molecule has 0 aliphatic heterocycles. The lowest BCUT2D eigenvalue weighted by Gasteiger charge is -2.18. The van der Waals surface area contributed by atoms with Crippen LogP contribution in [0.5, 0.6) is 17.2 Å². The van der Waals surface area contributed by atoms with Gasteiger partial charge in [-0.25, -0.2) is 0 Å². The zero-order valence-electron chi connectivity index (χ0n) is 21.5. The standard InChI is InChI=1S/C21H23NO5S/c1-11(23)22-15-7-5-12-9-17(25)20(26-2)21(27-3)19(12)13-6-8-18(28-4)16(24)10-14(13)15/h6,8-10,15,25H,5,7H2,1-4H3,(H,22,23)/t15-/m0/s1/i1D3,5D,7D,10D,13+1,19+1/t5?,7?,15-. The molecule has 2 unspecified atom stereocenters. The number of phenolic OH excluding ortho intramolecular Hbond substituents is 1. The van der Waals surface area contributed by atoms with Crippen LogP contribution in [0.15, 0.2) is 33.9 Å². The summed E-state index contributed by atoms with van der Waals surface area (Å²) in [6.07, 6.45) is -1.31. The van der Waals surface area contributed by atoms with Gasteiger partial charge in [-0.2, -0.15) is 0 Å². The molecule has 0 saturated carbocycles. The maximum absolute atomic E-state index is 13.0. The van der Waals surface area contributed by atoms with Crippen LogP contribution in [0, 0.1) is 0 Å². The Hall–Kier alpha value is -2.67. The Balaban J connectivity index is 2.53. The summed E-state index contributed by atoms with van der Waals surface area (Å²) >= 11 is 1.10. The molecule has 7 heteroatoms. The van der Waals surface area contributed by atoms with Crippen molar-refractivity contribution in [2.75, 3.05) is 20.5 Å². The van der Waals surface area contributed by atoms with E-state index in [0.717, 1.165) is 11.8 Å². The molecular weight excluding hydrogens is 380 g/mol. The predicted molar refractivity (Wildman–Crippen MR) is 110 cm³/mol. The highest BCUT2D eigenvalue weighted by atomic mass is 32.2. The highest BCUT2D eigenvalue weighted by molar-refractivity contribution is 7.98. The molecule has 148 valence electrons. The summed E-state index contributed by atoms with van der Waals surface area (Å²) in [6.45, 7) is -3.06. The molecule has 0 radical (unpaired) electrons. The monoisotopic (exact) mass is 409 g/mol. The normalized spacial score (nSPS) is 23.9. The number of carbonyl (C=O) groups is 1. The number of nitrogens with one attached hydrogen (secondary N) is 1. The highest BCUT2D eigenvalue weighted by Crippen LogP contribution is 2.49. The molecule has 2 aromatic rings. The van der Waals surface area contributed by atoms with Gasteiger partial charge in [-0.3, -0.25) is 9.59 Å². The topological polar surface area (TPSA) is 84.9 Å². The third-order valence-electron chi connectivity index (χ3n) is 4.37. The van der Waals surface area contributed by atoms with Gasteiger partial charge in [0.2, 0.25) is 11.7 Å². The van der Waals surface area contributed by atoms with E-state index < -0.39 is 43.1 Å². The van der Waals surface area contributed by atoms with Gasteiger partial charge in [0.15, 0.2) is 16.9 Å². The largest absolute Gasteiger partial charge is 0.504 e. The van der Waals surface area contributed by atoms with Gasteiger partial charge in [-0.1, -0.05) is 6.07 Å². The van der Waals surface area contributed by atoms with Gasteiger partial charge in [0.25, 0.3) is 0 Å². The number of amides is 1. The fourth-order valence-corrected chi connectivity index (χ4v) is 3.65. The Labute approximate surface area is 176 Å². The van der Waals surface area contributed by atoms with Gasteiger partial charge in [-0.05, 0) is 53.9 Å². The number of thioether (sulfide) groups is 1. The van der Waals surface area contributed by atoms with Gasteiger partial charge in [0.1, 0.15) is 0 Å². The third-order valence-corrected chi connectivity index (χ3v) is 5.14. The molecule has 0 fully saturated rings. The second kappa shape index (κ2) is 8.14. The average Bonchev–Trinajstić information content (AvgIpc) is 2.95. The van der Waals surface area contributed by atoms with Crippen molar-refractivity contribution >= 4 is 17.7 Å². The van der Waals surface area contributed by atoms with Crippen molar-refractivity contribution < 1.29 is 27.6 Å². The Kier molecular flexibility index (Phi) is 3.92. The van der Waals surface area contributed by atoms with Crippen molar-refractivity contribution in [3.05, 3.63) is 45.6 Å². The third kappa shape index (κ3) is 3.54. The zero-order chi connectivity index (χ0) is 25.5. The summed E-state index contributed by atoms with van der Waals surface area (Å²) in [4.78, 5) is 25.6. The van der Waals surface area contributed by atoms with Crippen LogP contribution in [0.1, 0.15) is 38.6 Å². The van der Waals surface area contributed by atoms with Gasteiger partial charge >= 0.3 is 0 Å². The van der Waals surface area contributed by atoms with Crippen molar-refractivity contribution in [2.45, 2.75) is 30.6 Å². The minimum atomic E-state index is -3.06. The first-order valence-electron chi connectivity index (χ1n) is 11.4. The van der Waals surface area contributed by atoms with Crippen molar-refractivity contribution in [2.24, 2.45) is 0 Å². The maximum atomic E-state index is 13.0. The fraction of sp³-hybridized carbons (Fsp3) is 0.333. The van der Waals surface area contributed by atoms with Crippen molar-refractivity contribution in [3.8, 4) is 28.4 Å². The van der Waals surface area contributed by atoms with Crippen molar-refractivity contribution in [3.63, 3.8) is 0 Å². The molecule has 2 aromatic carbocycles. The highest BCUT2D eigenvalue weighted by Gasteiger charge is 2.28. The fourth-order valence-electron chi connectivity index (χ4n) is 3.20. The molecule has 1 aliphatic rings. The summed E-state index contributed by atoms with van der Waals surface area (Å²) in [7, 11) is 2.61. The molecule has 0 spiro atoms. The number of hydrogen-bond donors (Lipinski definition) is 2. The average molecular weight is 410 g/mol. The van der Waals surface area contributed by atoms with Gasteiger partial charge in [-0.15, -0.1) is 11.8 Å². The van der Waals surface area contributed by atoms with Gasteiger partial charge in [0, 0.05) is 19.3 Å². The summed E-state index contributed by atoms with van der Waals surface area (Å²) in [6, 6.07) is 2.16. The quantitative estimate of drug-likeness (QED) is 0.754. The first-order chi connectivity index (χ1) is 15.9. The Morgan fingerprint density at radius 3 is 2.79 bits per heavy atom. The summed E-state index contributed by atoms with van der Waals surface area (Å²) < 4.78 is 59.1. The van der Waals surface area contributed by atoms with Crippen molar-refractivity contribution in [1.29, 1.82) is 0 Å².